The first kappa shape index (κ1) is 8.75. The van der Waals surface area contributed by atoms with Crippen LogP contribution in [0.25, 0.3) is 0 Å². The summed E-state index contributed by atoms with van der Waals surface area (Å²) < 4.78 is 4.70. The Morgan fingerprint density at radius 1 is 1.80 bits per heavy atom. The highest BCUT2D eigenvalue weighted by Gasteiger charge is 1.87. The maximum atomic E-state index is 9.82. The van der Waals surface area contributed by atoms with Crippen LogP contribution in [0.3, 0.4) is 0 Å². The second kappa shape index (κ2) is 5.88. The standard InChI is InChI=1S/C7H11NO2/c1-3-7(5-10-2)4-8-6-9/h3,5-6H,1,4H2,2H3,(H,8,9)/b7-5+. The van der Waals surface area contributed by atoms with E-state index in [9.17, 15) is 4.79 Å². The van der Waals surface area contributed by atoms with Gasteiger partial charge in [0.15, 0.2) is 0 Å². The molecule has 10 heavy (non-hydrogen) atoms. The van der Waals surface area contributed by atoms with Crippen molar-refractivity contribution in [1.29, 1.82) is 0 Å². The van der Waals surface area contributed by atoms with Crippen LogP contribution in [0.15, 0.2) is 24.5 Å². The van der Waals surface area contributed by atoms with Gasteiger partial charge < -0.3 is 10.1 Å². The van der Waals surface area contributed by atoms with Crippen LogP contribution in [0.1, 0.15) is 0 Å². The summed E-state index contributed by atoms with van der Waals surface area (Å²) in [5, 5.41) is 2.48. The van der Waals surface area contributed by atoms with Crippen molar-refractivity contribution < 1.29 is 9.53 Å². The molecule has 0 spiro atoms. The quantitative estimate of drug-likeness (QED) is 0.343. The van der Waals surface area contributed by atoms with E-state index in [1.165, 1.54) is 6.26 Å². The molecule has 0 atom stereocenters. The van der Waals surface area contributed by atoms with Gasteiger partial charge in [-0.3, -0.25) is 4.79 Å². The Bertz CT molecular complexity index is 141. The molecule has 3 heteroatoms. The minimum atomic E-state index is 0.459. The molecule has 0 aromatic rings. The molecule has 0 saturated heterocycles. The van der Waals surface area contributed by atoms with Crippen molar-refractivity contribution >= 4 is 6.41 Å². The molecule has 1 N–H and O–H groups in total. The van der Waals surface area contributed by atoms with Crippen LogP contribution in [0, 0.1) is 0 Å². The second-order valence-electron chi connectivity index (χ2n) is 1.63. The molecule has 0 saturated carbocycles. The number of hydrogen-bond donors (Lipinski definition) is 1. The highest BCUT2D eigenvalue weighted by Crippen LogP contribution is 1.91. The normalized spacial score (nSPS) is 10.3. The third-order valence-corrected chi connectivity index (χ3v) is 0.921. The Hall–Kier alpha value is -1.25. The van der Waals surface area contributed by atoms with Gasteiger partial charge in [0.05, 0.1) is 13.4 Å². The van der Waals surface area contributed by atoms with Crippen LogP contribution in [0.4, 0.5) is 0 Å². The van der Waals surface area contributed by atoms with Gasteiger partial charge in [0.2, 0.25) is 6.41 Å². The zero-order valence-electron chi connectivity index (χ0n) is 5.96. The Morgan fingerprint density at radius 3 is 2.90 bits per heavy atom. The van der Waals surface area contributed by atoms with Gasteiger partial charge in [0.25, 0.3) is 0 Å². The molecule has 0 aliphatic carbocycles. The third kappa shape index (κ3) is 3.72. The van der Waals surface area contributed by atoms with Crippen molar-refractivity contribution in [3.63, 3.8) is 0 Å². The fourth-order valence-corrected chi connectivity index (χ4v) is 0.473. The third-order valence-electron chi connectivity index (χ3n) is 0.921. The summed E-state index contributed by atoms with van der Waals surface area (Å²) >= 11 is 0. The van der Waals surface area contributed by atoms with Crippen molar-refractivity contribution in [3.05, 3.63) is 24.5 Å². The van der Waals surface area contributed by atoms with Crippen LogP contribution < -0.4 is 5.32 Å². The summed E-state index contributed by atoms with van der Waals surface area (Å²) in [6.07, 6.45) is 3.79. The summed E-state index contributed by atoms with van der Waals surface area (Å²) in [6, 6.07) is 0. The van der Waals surface area contributed by atoms with Gasteiger partial charge in [-0.15, -0.1) is 0 Å². The topological polar surface area (TPSA) is 38.3 Å². The van der Waals surface area contributed by atoms with Gasteiger partial charge in [0, 0.05) is 12.1 Å². The molecule has 0 rings (SSSR count). The largest absolute Gasteiger partial charge is 0.504 e. The zero-order valence-corrected chi connectivity index (χ0v) is 5.96. The number of rotatable bonds is 5. The molecule has 0 aliphatic heterocycles. The highest BCUT2D eigenvalue weighted by molar-refractivity contribution is 5.47. The molecule has 0 radical (unpaired) electrons. The molecule has 0 unspecified atom stereocenters. The van der Waals surface area contributed by atoms with Crippen LogP contribution in [-0.2, 0) is 9.53 Å². The number of hydrogen-bond acceptors (Lipinski definition) is 2. The van der Waals surface area contributed by atoms with E-state index in [0.717, 1.165) is 5.57 Å². The number of carbonyl (C=O) groups excluding carboxylic acids is 1. The van der Waals surface area contributed by atoms with E-state index in [-0.39, 0.29) is 0 Å². The number of ether oxygens (including phenoxy) is 1. The van der Waals surface area contributed by atoms with E-state index in [0.29, 0.717) is 13.0 Å². The molecule has 0 fully saturated rings. The SMILES string of the molecule is C=C/C(=C\OC)CNC=O. The van der Waals surface area contributed by atoms with E-state index in [4.69, 9.17) is 4.74 Å². The van der Waals surface area contributed by atoms with Crippen molar-refractivity contribution in [1.82, 2.24) is 5.32 Å². The molecular weight excluding hydrogens is 130 g/mol. The lowest BCUT2D eigenvalue weighted by atomic mass is 10.3. The summed E-state index contributed by atoms with van der Waals surface area (Å²) in [5.74, 6) is 0. The molecule has 56 valence electrons. The molecule has 0 aromatic carbocycles. The van der Waals surface area contributed by atoms with Gasteiger partial charge >= 0.3 is 0 Å². The van der Waals surface area contributed by atoms with E-state index in [1.807, 2.05) is 0 Å². The second-order valence-corrected chi connectivity index (χ2v) is 1.63. The molecule has 0 bridgehead atoms. The predicted molar refractivity (Wildman–Crippen MR) is 39.4 cm³/mol. The van der Waals surface area contributed by atoms with Crippen LogP contribution in [0.5, 0.6) is 0 Å². The lowest BCUT2D eigenvalue weighted by Crippen LogP contribution is -2.13. The Labute approximate surface area is 60.4 Å². The van der Waals surface area contributed by atoms with Crippen LogP contribution in [0.2, 0.25) is 0 Å². The molecule has 0 heterocycles. The Morgan fingerprint density at radius 2 is 2.50 bits per heavy atom. The average molecular weight is 141 g/mol. The Balaban J connectivity index is 3.70. The monoisotopic (exact) mass is 141 g/mol. The lowest BCUT2D eigenvalue weighted by Gasteiger charge is -1.98. The lowest BCUT2D eigenvalue weighted by molar-refractivity contribution is -0.109. The van der Waals surface area contributed by atoms with Crippen molar-refractivity contribution in [2.24, 2.45) is 0 Å². The van der Waals surface area contributed by atoms with Gasteiger partial charge in [-0.05, 0) is 0 Å². The van der Waals surface area contributed by atoms with Crippen molar-refractivity contribution in [2.75, 3.05) is 13.7 Å². The fourth-order valence-electron chi connectivity index (χ4n) is 0.473. The molecule has 0 aromatic heterocycles. The molecule has 3 nitrogen and oxygen atoms in total. The summed E-state index contributed by atoms with van der Waals surface area (Å²) in [7, 11) is 1.55. The summed E-state index contributed by atoms with van der Waals surface area (Å²) in [6.45, 7) is 3.99. The van der Waals surface area contributed by atoms with Crippen LogP contribution >= 0.6 is 0 Å². The van der Waals surface area contributed by atoms with Gasteiger partial charge in [0.1, 0.15) is 0 Å². The summed E-state index contributed by atoms with van der Waals surface area (Å²) in [4.78, 5) is 9.82. The molecule has 1 amide bonds. The minimum absolute atomic E-state index is 0.459. The maximum Gasteiger partial charge on any atom is 0.207 e. The number of methoxy groups -OCH3 is 1. The van der Waals surface area contributed by atoms with Crippen molar-refractivity contribution in [2.45, 2.75) is 0 Å². The Kier molecular flexibility index (Phi) is 5.14. The number of nitrogens with one attached hydrogen (secondary N) is 1. The zero-order chi connectivity index (χ0) is 7.82. The molecular formula is C7H11NO2. The van der Waals surface area contributed by atoms with Crippen molar-refractivity contribution in [3.8, 4) is 0 Å². The van der Waals surface area contributed by atoms with Gasteiger partial charge in [-0.25, -0.2) is 0 Å². The average Bonchev–Trinajstić information content (AvgIpc) is 1.98. The smallest absolute Gasteiger partial charge is 0.207 e. The molecule has 0 aliphatic rings. The first-order valence-corrected chi connectivity index (χ1v) is 2.86. The number of carbonyl (C=O) groups is 1. The van der Waals surface area contributed by atoms with Gasteiger partial charge in [-0.1, -0.05) is 12.7 Å². The van der Waals surface area contributed by atoms with Gasteiger partial charge in [-0.2, -0.15) is 0 Å². The highest BCUT2D eigenvalue weighted by atomic mass is 16.5. The van der Waals surface area contributed by atoms with E-state index in [1.54, 1.807) is 13.2 Å². The first-order chi connectivity index (χ1) is 4.85. The first-order valence-electron chi connectivity index (χ1n) is 2.86. The fraction of sp³-hybridized carbons (Fsp3) is 0.286. The van der Waals surface area contributed by atoms with E-state index in [2.05, 4.69) is 11.9 Å². The van der Waals surface area contributed by atoms with Crippen LogP contribution in [-0.4, -0.2) is 20.1 Å². The predicted octanol–water partition coefficient (Wildman–Crippen LogP) is 0.449. The van der Waals surface area contributed by atoms with E-state index >= 15 is 0 Å². The maximum absolute atomic E-state index is 9.82. The summed E-state index contributed by atoms with van der Waals surface area (Å²) in [5.41, 5.74) is 0.842. The minimum Gasteiger partial charge on any atom is -0.504 e. The van der Waals surface area contributed by atoms with E-state index < -0.39 is 0 Å². The number of amides is 1.